The van der Waals surface area contributed by atoms with Gasteiger partial charge >= 0.3 is 5.97 Å². The van der Waals surface area contributed by atoms with Gasteiger partial charge in [0.2, 0.25) is 0 Å². The first-order valence-electron chi connectivity index (χ1n) is 4.90. The molecule has 1 heterocycles. The van der Waals surface area contributed by atoms with Crippen LogP contribution in [0.3, 0.4) is 0 Å². The van der Waals surface area contributed by atoms with Gasteiger partial charge in [0.15, 0.2) is 6.10 Å². The van der Waals surface area contributed by atoms with Crippen molar-refractivity contribution in [1.29, 1.82) is 0 Å². The average Bonchev–Trinajstić information content (AvgIpc) is 2.20. The number of rotatable bonds is 4. The molecule has 0 bridgehead atoms. The first-order valence-corrected chi connectivity index (χ1v) is 4.90. The molecule has 0 fully saturated rings. The Morgan fingerprint density at radius 2 is 2.27 bits per heavy atom. The van der Waals surface area contributed by atoms with Crippen LogP contribution in [0, 0.1) is 6.92 Å². The molecule has 15 heavy (non-hydrogen) atoms. The molecule has 0 spiro atoms. The molecule has 0 saturated heterocycles. The van der Waals surface area contributed by atoms with E-state index in [-0.39, 0.29) is 0 Å². The molecule has 4 nitrogen and oxygen atoms in total. The number of carboxylic acid groups (broad SMARTS) is 1. The van der Waals surface area contributed by atoms with E-state index in [0.717, 1.165) is 17.8 Å². The summed E-state index contributed by atoms with van der Waals surface area (Å²) < 4.78 is 5.29. The number of carboxylic acids is 1. The molecular weight excluding hydrogens is 194 g/mol. The second-order valence-electron chi connectivity index (χ2n) is 3.35. The van der Waals surface area contributed by atoms with Gasteiger partial charge in [-0.1, -0.05) is 6.92 Å². The number of hydrogen-bond acceptors (Lipinski definition) is 3. The molecule has 1 aromatic rings. The van der Waals surface area contributed by atoms with Crippen LogP contribution in [0.4, 0.5) is 0 Å². The summed E-state index contributed by atoms with van der Waals surface area (Å²) in [6, 6.07) is 3.57. The van der Waals surface area contributed by atoms with Crippen molar-refractivity contribution < 1.29 is 14.6 Å². The van der Waals surface area contributed by atoms with E-state index in [4.69, 9.17) is 9.84 Å². The normalized spacial score (nSPS) is 12.2. The monoisotopic (exact) mass is 209 g/mol. The first-order chi connectivity index (χ1) is 7.04. The molecule has 82 valence electrons. The van der Waals surface area contributed by atoms with Crippen molar-refractivity contribution >= 4 is 5.97 Å². The Morgan fingerprint density at radius 1 is 1.60 bits per heavy atom. The van der Waals surface area contributed by atoms with Gasteiger partial charge in [0.05, 0.1) is 5.69 Å². The predicted octanol–water partition coefficient (Wildman–Crippen LogP) is 1.80. The van der Waals surface area contributed by atoms with E-state index in [0.29, 0.717) is 5.75 Å². The summed E-state index contributed by atoms with van der Waals surface area (Å²) in [5, 5.41) is 8.72. The van der Waals surface area contributed by atoms with Crippen LogP contribution < -0.4 is 4.74 Å². The molecule has 1 atom stereocenters. The van der Waals surface area contributed by atoms with Crippen LogP contribution in [0.25, 0.3) is 0 Å². The second-order valence-corrected chi connectivity index (χ2v) is 3.35. The number of aromatic nitrogens is 1. The Balaban J connectivity index is 2.89. The van der Waals surface area contributed by atoms with Gasteiger partial charge < -0.3 is 9.84 Å². The Hall–Kier alpha value is -1.58. The van der Waals surface area contributed by atoms with Gasteiger partial charge in [-0.05, 0) is 32.4 Å². The summed E-state index contributed by atoms with van der Waals surface area (Å²) in [6.07, 6.45) is -0.122. The topological polar surface area (TPSA) is 59.4 Å². The van der Waals surface area contributed by atoms with Crippen molar-refractivity contribution in [2.45, 2.75) is 33.3 Å². The predicted molar refractivity (Wildman–Crippen MR) is 56.1 cm³/mol. The molecule has 0 unspecified atom stereocenters. The molecule has 0 aliphatic carbocycles. The minimum atomic E-state index is -0.974. The zero-order valence-corrected chi connectivity index (χ0v) is 9.15. The summed E-state index contributed by atoms with van der Waals surface area (Å²) in [5.41, 5.74) is 1.70. The molecule has 0 aromatic carbocycles. The summed E-state index contributed by atoms with van der Waals surface area (Å²) in [5.74, 6) is -0.421. The van der Waals surface area contributed by atoms with E-state index >= 15 is 0 Å². The quantitative estimate of drug-likeness (QED) is 0.821. The fourth-order valence-corrected chi connectivity index (χ4v) is 1.20. The van der Waals surface area contributed by atoms with Crippen LogP contribution >= 0.6 is 0 Å². The third-order valence-electron chi connectivity index (χ3n) is 2.06. The van der Waals surface area contributed by atoms with Crippen molar-refractivity contribution in [3.05, 3.63) is 23.5 Å². The van der Waals surface area contributed by atoms with Crippen LogP contribution in [0.1, 0.15) is 25.2 Å². The number of carbonyl (C=O) groups is 1. The van der Waals surface area contributed by atoms with Crippen molar-refractivity contribution in [3.63, 3.8) is 0 Å². The van der Waals surface area contributed by atoms with E-state index in [1.54, 1.807) is 6.07 Å². The molecule has 1 aromatic heterocycles. The third-order valence-corrected chi connectivity index (χ3v) is 2.06. The summed E-state index contributed by atoms with van der Waals surface area (Å²) in [6.45, 7) is 5.35. The van der Waals surface area contributed by atoms with Crippen LogP contribution in [-0.2, 0) is 11.2 Å². The minimum Gasteiger partial charge on any atom is -0.479 e. The molecule has 0 aliphatic rings. The zero-order valence-electron chi connectivity index (χ0n) is 9.15. The van der Waals surface area contributed by atoms with Crippen molar-refractivity contribution in [1.82, 2.24) is 4.98 Å². The summed E-state index contributed by atoms with van der Waals surface area (Å²) in [7, 11) is 0. The van der Waals surface area contributed by atoms with Gasteiger partial charge in [-0.3, -0.25) is 4.98 Å². The molecular formula is C11H15NO3. The maximum absolute atomic E-state index is 10.6. The fraction of sp³-hybridized carbons (Fsp3) is 0.455. The number of hydrogen-bond donors (Lipinski definition) is 1. The molecule has 4 heteroatoms. The van der Waals surface area contributed by atoms with Crippen LogP contribution in [0.2, 0.25) is 0 Å². The van der Waals surface area contributed by atoms with E-state index in [9.17, 15) is 4.79 Å². The zero-order chi connectivity index (χ0) is 11.4. The number of aryl methyl sites for hydroxylation is 2. The number of aliphatic carboxylic acids is 1. The second kappa shape index (κ2) is 4.77. The molecule has 0 amide bonds. The summed E-state index contributed by atoms with van der Waals surface area (Å²) in [4.78, 5) is 14.9. The van der Waals surface area contributed by atoms with Gasteiger partial charge in [-0.25, -0.2) is 4.79 Å². The molecule has 0 radical (unpaired) electrons. The van der Waals surface area contributed by atoms with Gasteiger partial charge in [-0.15, -0.1) is 0 Å². The van der Waals surface area contributed by atoms with Crippen molar-refractivity contribution in [2.24, 2.45) is 0 Å². The van der Waals surface area contributed by atoms with Gasteiger partial charge in [0.1, 0.15) is 5.75 Å². The summed E-state index contributed by atoms with van der Waals surface area (Å²) >= 11 is 0. The highest BCUT2D eigenvalue weighted by molar-refractivity contribution is 5.72. The smallest absolute Gasteiger partial charge is 0.344 e. The van der Waals surface area contributed by atoms with Gasteiger partial charge in [0, 0.05) is 5.69 Å². The lowest BCUT2D eigenvalue weighted by atomic mass is 10.2. The SMILES string of the molecule is CCc1nc(C)ccc1O[C@H](C)C(=O)O. The van der Waals surface area contributed by atoms with Gasteiger partial charge in [0.25, 0.3) is 0 Å². The van der Waals surface area contributed by atoms with Crippen LogP contribution in [0.15, 0.2) is 12.1 Å². The lowest BCUT2D eigenvalue weighted by Gasteiger charge is -2.13. The largest absolute Gasteiger partial charge is 0.479 e. The van der Waals surface area contributed by atoms with Gasteiger partial charge in [-0.2, -0.15) is 0 Å². The Bertz CT molecular complexity index is 363. The average molecular weight is 209 g/mol. The van der Waals surface area contributed by atoms with E-state index < -0.39 is 12.1 Å². The van der Waals surface area contributed by atoms with E-state index in [2.05, 4.69) is 4.98 Å². The number of nitrogens with zero attached hydrogens (tertiary/aromatic N) is 1. The number of ether oxygens (including phenoxy) is 1. The van der Waals surface area contributed by atoms with Crippen molar-refractivity contribution in [2.75, 3.05) is 0 Å². The maximum Gasteiger partial charge on any atom is 0.344 e. The maximum atomic E-state index is 10.6. The third kappa shape index (κ3) is 2.94. The molecule has 1 rings (SSSR count). The molecule has 1 N–H and O–H groups in total. The van der Waals surface area contributed by atoms with Crippen molar-refractivity contribution in [3.8, 4) is 5.75 Å². The van der Waals surface area contributed by atoms with E-state index in [1.165, 1.54) is 6.92 Å². The Kier molecular flexibility index (Phi) is 3.66. The first kappa shape index (κ1) is 11.5. The Labute approximate surface area is 88.9 Å². The highest BCUT2D eigenvalue weighted by atomic mass is 16.5. The fourth-order valence-electron chi connectivity index (χ4n) is 1.20. The lowest BCUT2D eigenvalue weighted by Crippen LogP contribution is -2.23. The lowest BCUT2D eigenvalue weighted by molar-refractivity contribution is -0.144. The number of pyridine rings is 1. The minimum absolute atomic E-state index is 0.554. The highest BCUT2D eigenvalue weighted by Gasteiger charge is 2.14. The Morgan fingerprint density at radius 3 is 2.80 bits per heavy atom. The van der Waals surface area contributed by atoms with Crippen LogP contribution in [-0.4, -0.2) is 22.2 Å². The standard InChI is InChI=1S/C11H15NO3/c1-4-9-10(6-5-7(2)12-9)15-8(3)11(13)14/h5-6,8H,4H2,1-3H3,(H,13,14)/t8-/m1/s1. The highest BCUT2D eigenvalue weighted by Crippen LogP contribution is 2.18. The van der Waals surface area contributed by atoms with E-state index in [1.807, 2.05) is 19.9 Å². The molecule has 0 aliphatic heterocycles. The molecule has 0 saturated carbocycles. The van der Waals surface area contributed by atoms with Crippen LogP contribution in [0.5, 0.6) is 5.75 Å².